The van der Waals surface area contributed by atoms with Crippen molar-refractivity contribution in [1.29, 1.82) is 0 Å². The highest BCUT2D eigenvalue weighted by Crippen LogP contribution is 2.23. The van der Waals surface area contributed by atoms with Gasteiger partial charge in [-0.2, -0.15) is 0 Å². The summed E-state index contributed by atoms with van der Waals surface area (Å²) >= 11 is 3.20. The molecule has 0 heterocycles. The van der Waals surface area contributed by atoms with Gasteiger partial charge in [0.25, 0.3) is 0 Å². The number of hydrogen-bond donors (Lipinski definition) is 1. The SMILES string of the molecule is COCS(=O)(=O)c1ccc(Br)cc1N. The third-order valence-electron chi connectivity index (χ3n) is 1.58. The summed E-state index contributed by atoms with van der Waals surface area (Å²) in [6, 6.07) is 4.62. The van der Waals surface area contributed by atoms with Crippen LogP contribution in [-0.2, 0) is 14.6 Å². The Hall–Kier alpha value is -0.590. The quantitative estimate of drug-likeness (QED) is 0.850. The molecular formula is C8H10BrNO3S. The molecule has 0 atom stereocenters. The van der Waals surface area contributed by atoms with Crippen molar-refractivity contribution in [2.45, 2.75) is 4.90 Å². The molecule has 0 aromatic heterocycles. The molecule has 0 aliphatic rings. The van der Waals surface area contributed by atoms with E-state index in [0.717, 1.165) is 4.47 Å². The monoisotopic (exact) mass is 279 g/mol. The Morgan fingerprint density at radius 1 is 1.50 bits per heavy atom. The van der Waals surface area contributed by atoms with Gasteiger partial charge in [-0.05, 0) is 18.2 Å². The topological polar surface area (TPSA) is 69.4 Å². The number of ether oxygens (including phenoxy) is 1. The first kappa shape index (κ1) is 11.5. The van der Waals surface area contributed by atoms with Crippen LogP contribution in [0.5, 0.6) is 0 Å². The first-order chi connectivity index (χ1) is 6.47. The molecule has 0 amide bonds. The highest BCUT2D eigenvalue weighted by atomic mass is 79.9. The summed E-state index contributed by atoms with van der Waals surface area (Å²) in [6.45, 7) is 0. The molecule has 0 unspecified atom stereocenters. The average molecular weight is 280 g/mol. The maximum absolute atomic E-state index is 11.5. The van der Waals surface area contributed by atoms with Crippen LogP contribution in [0.15, 0.2) is 27.6 Å². The summed E-state index contributed by atoms with van der Waals surface area (Å²) < 4.78 is 28.4. The van der Waals surface area contributed by atoms with Crippen molar-refractivity contribution in [3.63, 3.8) is 0 Å². The van der Waals surface area contributed by atoms with E-state index in [4.69, 9.17) is 5.73 Å². The van der Waals surface area contributed by atoms with Crippen molar-refractivity contribution in [3.05, 3.63) is 22.7 Å². The summed E-state index contributed by atoms with van der Waals surface area (Å²) in [5.74, 6) is -0.362. The van der Waals surface area contributed by atoms with Gasteiger partial charge in [-0.1, -0.05) is 15.9 Å². The van der Waals surface area contributed by atoms with E-state index in [2.05, 4.69) is 20.7 Å². The lowest BCUT2D eigenvalue weighted by molar-refractivity contribution is 0.250. The second-order valence-electron chi connectivity index (χ2n) is 2.70. The maximum Gasteiger partial charge on any atom is 0.204 e. The summed E-state index contributed by atoms with van der Waals surface area (Å²) in [4.78, 5) is 0.0996. The van der Waals surface area contributed by atoms with Crippen LogP contribution < -0.4 is 5.73 Å². The normalized spacial score (nSPS) is 11.6. The van der Waals surface area contributed by atoms with Gasteiger partial charge >= 0.3 is 0 Å². The Bertz CT molecular complexity index is 430. The zero-order valence-corrected chi connectivity index (χ0v) is 9.93. The Kier molecular flexibility index (Phi) is 3.52. The highest BCUT2D eigenvalue weighted by molar-refractivity contribution is 9.10. The minimum Gasteiger partial charge on any atom is -0.398 e. The fourth-order valence-electron chi connectivity index (χ4n) is 1.02. The molecule has 6 heteroatoms. The molecule has 4 nitrogen and oxygen atoms in total. The molecule has 78 valence electrons. The van der Waals surface area contributed by atoms with Crippen molar-refractivity contribution >= 4 is 31.5 Å². The molecular weight excluding hydrogens is 270 g/mol. The molecule has 0 bridgehead atoms. The largest absolute Gasteiger partial charge is 0.398 e. The van der Waals surface area contributed by atoms with Crippen molar-refractivity contribution in [3.8, 4) is 0 Å². The van der Waals surface area contributed by atoms with Gasteiger partial charge in [0.15, 0.2) is 5.94 Å². The smallest absolute Gasteiger partial charge is 0.204 e. The molecule has 0 fully saturated rings. The molecule has 14 heavy (non-hydrogen) atoms. The minimum atomic E-state index is -3.43. The van der Waals surface area contributed by atoms with Crippen LogP contribution in [0.1, 0.15) is 0 Å². The van der Waals surface area contributed by atoms with E-state index < -0.39 is 9.84 Å². The molecule has 0 aliphatic heterocycles. The van der Waals surface area contributed by atoms with Gasteiger partial charge in [-0.25, -0.2) is 8.42 Å². The number of nitrogens with two attached hydrogens (primary N) is 1. The van der Waals surface area contributed by atoms with Crippen LogP contribution in [0, 0.1) is 0 Å². The third-order valence-corrected chi connectivity index (χ3v) is 3.66. The number of halogens is 1. The number of rotatable bonds is 3. The predicted octanol–water partition coefficient (Wildman–Crippen LogP) is 1.41. The number of hydrogen-bond acceptors (Lipinski definition) is 4. The van der Waals surface area contributed by atoms with Crippen molar-refractivity contribution in [1.82, 2.24) is 0 Å². The first-order valence-corrected chi connectivity index (χ1v) is 6.18. The van der Waals surface area contributed by atoms with Crippen molar-refractivity contribution in [2.75, 3.05) is 18.8 Å². The summed E-state index contributed by atoms with van der Waals surface area (Å²) in [6.07, 6.45) is 0. The zero-order valence-electron chi connectivity index (χ0n) is 7.53. The zero-order chi connectivity index (χ0) is 10.8. The fraction of sp³-hybridized carbons (Fsp3) is 0.250. The lowest BCUT2D eigenvalue weighted by atomic mass is 10.3. The Labute approximate surface area is 91.1 Å². The number of benzene rings is 1. The lowest BCUT2D eigenvalue weighted by Gasteiger charge is -2.06. The molecule has 0 spiro atoms. The summed E-state index contributed by atoms with van der Waals surface area (Å²) in [5.41, 5.74) is 5.79. The standard InChI is InChI=1S/C8H10BrNO3S/c1-13-5-14(11,12)8-3-2-6(9)4-7(8)10/h2-4H,5,10H2,1H3. The van der Waals surface area contributed by atoms with Gasteiger partial charge < -0.3 is 10.5 Å². The van der Waals surface area contributed by atoms with E-state index in [-0.39, 0.29) is 16.5 Å². The molecule has 2 N–H and O–H groups in total. The van der Waals surface area contributed by atoms with Crippen LogP contribution in [0.4, 0.5) is 5.69 Å². The molecule has 0 saturated carbocycles. The fourth-order valence-corrected chi connectivity index (χ4v) is 2.53. The maximum atomic E-state index is 11.5. The van der Waals surface area contributed by atoms with Crippen LogP contribution in [0.2, 0.25) is 0 Å². The van der Waals surface area contributed by atoms with Gasteiger partial charge in [0.2, 0.25) is 9.84 Å². The van der Waals surface area contributed by atoms with Gasteiger partial charge in [0.05, 0.1) is 10.6 Å². The minimum absolute atomic E-state index is 0.0996. The van der Waals surface area contributed by atoms with Crippen LogP contribution >= 0.6 is 15.9 Å². The van der Waals surface area contributed by atoms with Gasteiger partial charge in [-0.3, -0.25) is 0 Å². The van der Waals surface area contributed by atoms with Crippen molar-refractivity contribution < 1.29 is 13.2 Å². The van der Waals surface area contributed by atoms with E-state index >= 15 is 0 Å². The Morgan fingerprint density at radius 2 is 2.14 bits per heavy atom. The number of methoxy groups -OCH3 is 1. The van der Waals surface area contributed by atoms with Crippen LogP contribution in [0.3, 0.4) is 0 Å². The Balaban J connectivity index is 3.20. The molecule has 0 aliphatic carbocycles. The summed E-state index contributed by atoms with van der Waals surface area (Å²) in [5, 5.41) is 0. The molecule has 1 aromatic carbocycles. The van der Waals surface area contributed by atoms with Gasteiger partial charge in [0, 0.05) is 11.6 Å². The van der Waals surface area contributed by atoms with Crippen molar-refractivity contribution in [2.24, 2.45) is 0 Å². The van der Waals surface area contributed by atoms with Crippen LogP contribution in [0.25, 0.3) is 0 Å². The van der Waals surface area contributed by atoms with E-state index in [1.54, 1.807) is 12.1 Å². The number of sulfone groups is 1. The molecule has 0 radical (unpaired) electrons. The highest BCUT2D eigenvalue weighted by Gasteiger charge is 2.16. The molecule has 1 rings (SSSR count). The second-order valence-corrected chi connectivity index (χ2v) is 5.52. The number of anilines is 1. The van der Waals surface area contributed by atoms with E-state index in [0.29, 0.717) is 0 Å². The number of nitrogen functional groups attached to an aromatic ring is 1. The van der Waals surface area contributed by atoms with E-state index in [1.165, 1.54) is 13.2 Å². The van der Waals surface area contributed by atoms with E-state index in [9.17, 15) is 8.42 Å². The second kappa shape index (κ2) is 4.29. The van der Waals surface area contributed by atoms with Crippen LogP contribution in [-0.4, -0.2) is 21.5 Å². The average Bonchev–Trinajstić information content (AvgIpc) is 2.02. The first-order valence-electron chi connectivity index (χ1n) is 3.74. The van der Waals surface area contributed by atoms with E-state index in [1.807, 2.05) is 0 Å². The summed E-state index contributed by atoms with van der Waals surface area (Å²) in [7, 11) is -2.10. The molecule has 0 saturated heterocycles. The third kappa shape index (κ3) is 2.46. The predicted molar refractivity (Wildman–Crippen MR) is 57.6 cm³/mol. The van der Waals surface area contributed by atoms with Gasteiger partial charge in [0.1, 0.15) is 0 Å². The lowest BCUT2D eigenvalue weighted by Crippen LogP contribution is -2.10. The Morgan fingerprint density at radius 3 is 2.64 bits per heavy atom. The molecule has 1 aromatic rings. The van der Waals surface area contributed by atoms with Gasteiger partial charge in [-0.15, -0.1) is 0 Å².